The molecule has 4 heteroatoms. The van der Waals surface area contributed by atoms with Crippen LogP contribution in [0.25, 0.3) is 0 Å². The van der Waals surface area contributed by atoms with Crippen LogP contribution < -0.4 is 10.5 Å². The molecule has 0 spiro atoms. The van der Waals surface area contributed by atoms with Crippen molar-refractivity contribution in [3.8, 4) is 5.75 Å². The summed E-state index contributed by atoms with van der Waals surface area (Å²) < 4.78 is 5.84. The van der Waals surface area contributed by atoms with Crippen molar-refractivity contribution in [1.82, 2.24) is 4.98 Å². The Hall–Kier alpha value is -1.39. The van der Waals surface area contributed by atoms with Crippen molar-refractivity contribution in [2.75, 3.05) is 0 Å². The van der Waals surface area contributed by atoms with Crippen molar-refractivity contribution in [3.05, 3.63) is 45.4 Å². The van der Waals surface area contributed by atoms with Crippen LogP contribution in [0.1, 0.15) is 48.3 Å². The molecule has 0 aliphatic rings. The molecule has 0 aliphatic heterocycles. The van der Waals surface area contributed by atoms with Crippen LogP contribution in [0.5, 0.6) is 5.75 Å². The Morgan fingerprint density at radius 3 is 2.71 bits per heavy atom. The number of aromatic nitrogens is 1. The molecule has 2 aromatic rings. The minimum absolute atomic E-state index is 0.343. The second kappa shape index (κ2) is 6.58. The summed E-state index contributed by atoms with van der Waals surface area (Å²) in [6, 6.07) is 8.07. The topological polar surface area (TPSA) is 48.1 Å². The van der Waals surface area contributed by atoms with E-state index in [2.05, 4.69) is 19.9 Å². The van der Waals surface area contributed by atoms with Crippen LogP contribution in [0.3, 0.4) is 0 Å². The first-order valence-corrected chi connectivity index (χ1v) is 8.19. The largest absolute Gasteiger partial charge is 0.486 e. The molecule has 114 valence electrons. The zero-order chi connectivity index (χ0) is 15.5. The highest BCUT2D eigenvalue weighted by molar-refractivity contribution is 7.11. The van der Waals surface area contributed by atoms with E-state index in [4.69, 9.17) is 15.5 Å². The number of aryl methyl sites for hydroxylation is 2. The first-order chi connectivity index (χ1) is 9.90. The van der Waals surface area contributed by atoms with Crippen LogP contribution in [0, 0.1) is 6.92 Å². The van der Waals surface area contributed by atoms with Crippen molar-refractivity contribution in [1.29, 1.82) is 0 Å². The molecule has 0 amide bonds. The molecule has 3 nitrogen and oxygen atoms in total. The number of nitrogens with zero attached hydrogens (tertiary/aromatic N) is 1. The van der Waals surface area contributed by atoms with Crippen LogP contribution in [-0.2, 0) is 18.6 Å². The highest BCUT2D eigenvalue weighted by Gasteiger charge is 2.23. The Kier molecular flexibility index (Phi) is 5.01. The molecule has 0 bridgehead atoms. The van der Waals surface area contributed by atoms with E-state index in [1.807, 2.05) is 32.0 Å². The van der Waals surface area contributed by atoms with Gasteiger partial charge in [0.05, 0.1) is 5.69 Å². The Balaban J connectivity index is 2.13. The first-order valence-electron chi connectivity index (χ1n) is 7.37. The summed E-state index contributed by atoms with van der Waals surface area (Å²) in [5.74, 6) is 0.885. The van der Waals surface area contributed by atoms with Gasteiger partial charge in [-0.1, -0.05) is 25.5 Å². The highest BCUT2D eigenvalue weighted by Crippen LogP contribution is 2.29. The van der Waals surface area contributed by atoms with E-state index in [9.17, 15) is 0 Å². The second-order valence-electron chi connectivity index (χ2n) is 5.96. The van der Waals surface area contributed by atoms with E-state index < -0.39 is 0 Å². The summed E-state index contributed by atoms with van der Waals surface area (Å²) in [4.78, 5) is 5.89. The molecular weight excluding hydrogens is 280 g/mol. The number of ether oxygens (including phenoxy) is 1. The standard InChI is InChI=1S/C17H24N2OS/c1-5-7-14-16(17(3,4)18)21-15(19-14)11-20-13-9-6-8-12(2)10-13/h6,8-10H,5,7,11,18H2,1-4H3. The summed E-state index contributed by atoms with van der Waals surface area (Å²) in [5.41, 5.74) is 8.23. The van der Waals surface area contributed by atoms with Gasteiger partial charge in [-0.15, -0.1) is 11.3 Å². The summed E-state index contributed by atoms with van der Waals surface area (Å²) in [6.45, 7) is 8.79. The molecule has 0 saturated carbocycles. The number of hydrogen-bond acceptors (Lipinski definition) is 4. The van der Waals surface area contributed by atoms with Gasteiger partial charge in [0.15, 0.2) is 0 Å². The van der Waals surface area contributed by atoms with Gasteiger partial charge in [0, 0.05) is 10.4 Å². The Labute approximate surface area is 131 Å². The third kappa shape index (κ3) is 4.29. The summed E-state index contributed by atoms with van der Waals surface area (Å²) in [6.07, 6.45) is 2.04. The lowest BCUT2D eigenvalue weighted by Crippen LogP contribution is -2.28. The summed E-state index contributed by atoms with van der Waals surface area (Å²) >= 11 is 1.67. The molecule has 1 aromatic heterocycles. The molecule has 21 heavy (non-hydrogen) atoms. The maximum atomic E-state index is 6.26. The minimum Gasteiger partial charge on any atom is -0.486 e. The normalized spacial score (nSPS) is 11.7. The van der Waals surface area contributed by atoms with E-state index in [0.717, 1.165) is 29.3 Å². The van der Waals surface area contributed by atoms with Crippen LogP contribution in [0.4, 0.5) is 0 Å². The fourth-order valence-corrected chi connectivity index (χ4v) is 3.26. The first kappa shape index (κ1) is 16.0. The monoisotopic (exact) mass is 304 g/mol. The molecule has 0 saturated heterocycles. The number of rotatable bonds is 6. The van der Waals surface area contributed by atoms with Gasteiger partial charge in [0.25, 0.3) is 0 Å². The third-order valence-electron chi connectivity index (χ3n) is 3.17. The van der Waals surface area contributed by atoms with E-state index >= 15 is 0 Å². The van der Waals surface area contributed by atoms with E-state index in [1.54, 1.807) is 11.3 Å². The highest BCUT2D eigenvalue weighted by atomic mass is 32.1. The molecule has 0 fully saturated rings. The van der Waals surface area contributed by atoms with Gasteiger partial charge in [0.2, 0.25) is 0 Å². The number of benzene rings is 1. The summed E-state index contributed by atoms with van der Waals surface area (Å²) in [7, 11) is 0. The lowest BCUT2D eigenvalue weighted by molar-refractivity contribution is 0.305. The summed E-state index contributed by atoms with van der Waals surface area (Å²) in [5, 5.41) is 0.994. The minimum atomic E-state index is -0.343. The van der Waals surface area contributed by atoms with E-state index in [1.165, 1.54) is 10.4 Å². The average Bonchev–Trinajstić information content (AvgIpc) is 2.80. The zero-order valence-corrected chi connectivity index (χ0v) is 14.1. The van der Waals surface area contributed by atoms with Crippen molar-refractivity contribution in [2.45, 2.75) is 52.7 Å². The molecule has 2 N–H and O–H groups in total. The van der Waals surface area contributed by atoms with Gasteiger partial charge in [-0.05, 0) is 44.9 Å². The second-order valence-corrected chi connectivity index (χ2v) is 7.04. The van der Waals surface area contributed by atoms with Crippen molar-refractivity contribution >= 4 is 11.3 Å². The van der Waals surface area contributed by atoms with Crippen molar-refractivity contribution in [2.24, 2.45) is 5.73 Å². The molecule has 0 atom stereocenters. The lowest BCUT2D eigenvalue weighted by atomic mass is 10.0. The Bertz CT molecular complexity index is 599. The van der Waals surface area contributed by atoms with Crippen LogP contribution in [0.2, 0.25) is 0 Å². The third-order valence-corrected chi connectivity index (χ3v) is 4.58. The van der Waals surface area contributed by atoms with Crippen molar-refractivity contribution in [3.63, 3.8) is 0 Å². The van der Waals surface area contributed by atoms with Gasteiger partial charge < -0.3 is 10.5 Å². The SMILES string of the molecule is CCCc1nc(COc2cccc(C)c2)sc1C(C)(C)N. The molecule has 0 unspecified atom stereocenters. The maximum Gasteiger partial charge on any atom is 0.140 e. The predicted molar refractivity (Wildman–Crippen MR) is 88.8 cm³/mol. The van der Waals surface area contributed by atoms with Crippen LogP contribution in [0.15, 0.2) is 24.3 Å². The van der Waals surface area contributed by atoms with Crippen molar-refractivity contribution < 1.29 is 4.74 Å². The quantitative estimate of drug-likeness (QED) is 0.871. The van der Waals surface area contributed by atoms with Gasteiger partial charge in [0.1, 0.15) is 17.4 Å². The van der Waals surface area contributed by atoms with E-state index in [-0.39, 0.29) is 5.54 Å². The molecule has 0 radical (unpaired) electrons. The molecular formula is C17H24N2OS. The van der Waals surface area contributed by atoms with E-state index in [0.29, 0.717) is 6.61 Å². The molecule has 0 aliphatic carbocycles. The van der Waals surface area contributed by atoms with Gasteiger partial charge in [-0.2, -0.15) is 0 Å². The smallest absolute Gasteiger partial charge is 0.140 e. The predicted octanol–water partition coefficient (Wildman–Crippen LogP) is 4.18. The molecule has 1 aromatic carbocycles. The average molecular weight is 304 g/mol. The molecule has 1 heterocycles. The number of hydrogen-bond donors (Lipinski definition) is 1. The molecule has 2 rings (SSSR count). The fraction of sp³-hybridized carbons (Fsp3) is 0.471. The van der Waals surface area contributed by atoms with Gasteiger partial charge >= 0.3 is 0 Å². The number of nitrogens with two attached hydrogens (primary N) is 1. The Morgan fingerprint density at radius 1 is 1.33 bits per heavy atom. The lowest BCUT2D eigenvalue weighted by Gasteiger charge is -2.17. The van der Waals surface area contributed by atoms with Gasteiger partial charge in [-0.25, -0.2) is 4.98 Å². The number of thiazole rings is 1. The Morgan fingerprint density at radius 2 is 2.10 bits per heavy atom. The van der Waals surface area contributed by atoms with Crippen LogP contribution >= 0.6 is 11.3 Å². The zero-order valence-electron chi connectivity index (χ0n) is 13.3. The fourth-order valence-electron chi connectivity index (χ4n) is 2.22. The van der Waals surface area contributed by atoms with Crippen LogP contribution in [-0.4, -0.2) is 4.98 Å². The van der Waals surface area contributed by atoms with Gasteiger partial charge in [-0.3, -0.25) is 0 Å². The maximum absolute atomic E-state index is 6.26.